The third-order valence-electron chi connectivity index (χ3n) is 6.29. The molecule has 186 valence electrons. The number of hydrogen-bond acceptors (Lipinski definition) is 5. The molecule has 4 rings (SSSR count). The van der Waals surface area contributed by atoms with E-state index in [-0.39, 0.29) is 19.1 Å². The second-order valence-electron chi connectivity index (χ2n) is 8.68. The SMILES string of the molecule is O=CNCCCC[C@@H](NC(=O)OCC1c2ccccc2-c2ccccc21)C(=O)OCc1ccccc1. The molecule has 0 heterocycles. The maximum absolute atomic E-state index is 12.8. The van der Waals surface area contributed by atoms with E-state index in [2.05, 4.69) is 34.9 Å². The first-order valence-electron chi connectivity index (χ1n) is 12.2. The Balaban J connectivity index is 1.36. The van der Waals surface area contributed by atoms with Crippen LogP contribution >= 0.6 is 0 Å². The summed E-state index contributed by atoms with van der Waals surface area (Å²) in [6.45, 7) is 0.782. The average molecular weight is 487 g/mol. The van der Waals surface area contributed by atoms with Crippen LogP contribution in [0.25, 0.3) is 11.1 Å². The highest BCUT2D eigenvalue weighted by Gasteiger charge is 2.30. The molecule has 2 amide bonds. The molecule has 0 unspecified atom stereocenters. The van der Waals surface area contributed by atoms with E-state index in [9.17, 15) is 14.4 Å². The van der Waals surface area contributed by atoms with Crippen LogP contribution in [0.5, 0.6) is 0 Å². The van der Waals surface area contributed by atoms with E-state index in [4.69, 9.17) is 9.47 Å². The van der Waals surface area contributed by atoms with Crippen LogP contribution in [0.4, 0.5) is 4.79 Å². The molecular weight excluding hydrogens is 456 g/mol. The number of fused-ring (bicyclic) bond motifs is 3. The van der Waals surface area contributed by atoms with Crippen LogP contribution in [-0.2, 0) is 25.7 Å². The Kier molecular flexibility index (Phi) is 8.70. The molecule has 1 aliphatic carbocycles. The van der Waals surface area contributed by atoms with Crippen molar-refractivity contribution < 1.29 is 23.9 Å². The second kappa shape index (κ2) is 12.5. The lowest BCUT2D eigenvalue weighted by Gasteiger charge is -2.19. The number of esters is 1. The molecule has 1 atom stereocenters. The first-order valence-corrected chi connectivity index (χ1v) is 12.2. The van der Waals surface area contributed by atoms with E-state index in [1.807, 2.05) is 54.6 Å². The summed E-state index contributed by atoms with van der Waals surface area (Å²) < 4.78 is 11.1. The number of nitrogens with one attached hydrogen (secondary N) is 2. The Bertz CT molecular complexity index is 1140. The predicted molar refractivity (Wildman–Crippen MR) is 136 cm³/mol. The molecule has 0 spiro atoms. The van der Waals surface area contributed by atoms with E-state index in [1.165, 1.54) is 0 Å². The van der Waals surface area contributed by atoms with Gasteiger partial charge in [0.15, 0.2) is 0 Å². The number of carbonyl (C=O) groups is 3. The molecular formula is C29H30N2O5. The highest BCUT2D eigenvalue weighted by molar-refractivity contribution is 5.82. The maximum atomic E-state index is 12.8. The monoisotopic (exact) mass is 486 g/mol. The second-order valence-corrected chi connectivity index (χ2v) is 8.68. The zero-order valence-corrected chi connectivity index (χ0v) is 20.0. The standard InChI is InChI=1S/C29H30N2O5/c32-20-30-17-9-8-16-27(28(33)35-18-21-10-2-1-3-11-21)31-29(34)36-19-26-24-14-6-4-12-22(24)23-13-5-7-15-25(23)26/h1-7,10-15,20,26-27H,8-9,16-19H2,(H,30,32)(H,31,34)/t27-/m1/s1. The van der Waals surface area contributed by atoms with Crippen molar-refractivity contribution in [1.82, 2.24) is 10.6 Å². The fraction of sp³-hybridized carbons (Fsp3) is 0.276. The van der Waals surface area contributed by atoms with E-state index in [0.717, 1.165) is 27.8 Å². The smallest absolute Gasteiger partial charge is 0.407 e. The van der Waals surface area contributed by atoms with E-state index in [0.29, 0.717) is 32.2 Å². The number of rotatable bonds is 12. The highest BCUT2D eigenvalue weighted by atomic mass is 16.6. The van der Waals surface area contributed by atoms with Gasteiger partial charge in [-0.25, -0.2) is 9.59 Å². The van der Waals surface area contributed by atoms with Crippen molar-refractivity contribution >= 4 is 18.5 Å². The molecule has 2 N–H and O–H groups in total. The average Bonchev–Trinajstić information content (AvgIpc) is 3.24. The molecule has 7 heteroatoms. The molecule has 1 aliphatic rings. The quantitative estimate of drug-likeness (QED) is 0.223. The molecule has 3 aromatic carbocycles. The van der Waals surface area contributed by atoms with Gasteiger partial charge in [0, 0.05) is 12.5 Å². The predicted octanol–water partition coefficient (Wildman–Crippen LogP) is 4.55. The van der Waals surface area contributed by atoms with Gasteiger partial charge in [0.25, 0.3) is 0 Å². The van der Waals surface area contributed by atoms with Gasteiger partial charge in [0.05, 0.1) is 0 Å². The van der Waals surface area contributed by atoms with E-state index >= 15 is 0 Å². The van der Waals surface area contributed by atoms with Crippen molar-refractivity contribution in [3.63, 3.8) is 0 Å². The van der Waals surface area contributed by atoms with Gasteiger partial charge >= 0.3 is 12.1 Å². The Hall–Kier alpha value is -4.13. The van der Waals surface area contributed by atoms with Gasteiger partial charge in [0.1, 0.15) is 19.3 Å². The van der Waals surface area contributed by atoms with Crippen LogP contribution in [0.15, 0.2) is 78.9 Å². The van der Waals surface area contributed by atoms with E-state index < -0.39 is 18.1 Å². The molecule has 0 fully saturated rings. The third kappa shape index (κ3) is 6.30. The molecule has 3 aromatic rings. The van der Waals surface area contributed by atoms with Gasteiger partial charge in [-0.05, 0) is 47.1 Å². The minimum absolute atomic E-state index is 0.0685. The molecule has 36 heavy (non-hydrogen) atoms. The lowest BCUT2D eigenvalue weighted by molar-refractivity contribution is -0.147. The largest absolute Gasteiger partial charge is 0.459 e. The third-order valence-corrected chi connectivity index (χ3v) is 6.29. The van der Waals surface area contributed by atoms with Gasteiger partial charge in [-0.15, -0.1) is 0 Å². The zero-order valence-electron chi connectivity index (χ0n) is 20.0. The normalized spacial score (nSPS) is 12.7. The lowest BCUT2D eigenvalue weighted by atomic mass is 9.98. The van der Waals surface area contributed by atoms with E-state index in [1.54, 1.807) is 0 Å². The van der Waals surface area contributed by atoms with Crippen LogP contribution < -0.4 is 10.6 Å². The van der Waals surface area contributed by atoms with Gasteiger partial charge < -0.3 is 20.1 Å². The molecule has 0 saturated heterocycles. The van der Waals surface area contributed by atoms with Crippen LogP contribution in [-0.4, -0.2) is 37.7 Å². The van der Waals surface area contributed by atoms with Crippen LogP contribution in [0.2, 0.25) is 0 Å². The fourth-order valence-electron chi connectivity index (χ4n) is 4.50. The minimum Gasteiger partial charge on any atom is -0.459 e. The summed E-state index contributed by atoms with van der Waals surface area (Å²) in [6.07, 6.45) is 1.65. The van der Waals surface area contributed by atoms with Crippen molar-refractivity contribution in [3.8, 4) is 11.1 Å². The molecule has 0 aliphatic heterocycles. The highest BCUT2D eigenvalue weighted by Crippen LogP contribution is 2.44. The van der Waals surface area contributed by atoms with Crippen LogP contribution in [0, 0.1) is 0 Å². The fourth-order valence-corrected chi connectivity index (χ4v) is 4.50. The molecule has 0 bridgehead atoms. The van der Waals surface area contributed by atoms with Crippen molar-refractivity contribution in [2.45, 2.75) is 37.8 Å². The van der Waals surface area contributed by atoms with Crippen molar-refractivity contribution in [3.05, 3.63) is 95.6 Å². The number of hydrogen-bond donors (Lipinski definition) is 2. The summed E-state index contributed by atoms with van der Waals surface area (Å²) >= 11 is 0. The zero-order chi connectivity index (χ0) is 25.2. The topological polar surface area (TPSA) is 93.7 Å². The Morgan fingerprint density at radius 1 is 0.833 bits per heavy atom. The van der Waals surface area contributed by atoms with Crippen molar-refractivity contribution in [1.29, 1.82) is 0 Å². The van der Waals surface area contributed by atoms with Gasteiger partial charge in [-0.3, -0.25) is 4.79 Å². The van der Waals surface area contributed by atoms with Gasteiger partial charge in [-0.1, -0.05) is 78.9 Å². The maximum Gasteiger partial charge on any atom is 0.407 e. The summed E-state index contributed by atoms with van der Waals surface area (Å²) in [5.74, 6) is -0.586. The van der Waals surface area contributed by atoms with Crippen molar-refractivity contribution in [2.75, 3.05) is 13.2 Å². The summed E-state index contributed by atoms with van der Waals surface area (Å²) in [7, 11) is 0. The Morgan fingerprint density at radius 3 is 2.14 bits per heavy atom. The molecule has 0 saturated carbocycles. The molecule has 0 radical (unpaired) electrons. The summed E-state index contributed by atoms with van der Waals surface area (Å²) in [5, 5.41) is 5.29. The molecule has 0 aromatic heterocycles. The lowest BCUT2D eigenvalue weighted by Crippen LogP contribution is -2.42. The van der Waals surface area contributed by atoms with Gasteiger partial charge in [-0.2, -0.15) is 0 Å². The number of alkyl carbamates (subject to hydrolysis) is 1. The molecule has 7 nitrogen and oxygen atoms in total. The van der Waals surface area contributed by atoms with Gasteiger partial charge in [0.2, 0.25) is 6.41 Å². The van der Waals surface area contributed by atoms with Crippen molar-refractivity contribution in [2.24, 2.45) is 0 Å². The van der Waals surface area contributed by atoms with Crippen LogP contribution in [0.3, 0.4) is 0 Å². The summed E-state index contributed by atoms with van der Waals surface area (Å²) in [5.41, 5.74) is 5.39. The number of carbonyl (C=O) groups excluding carboxylic acids is 3. The Morgan fingerprint density at radius 2 is 1.47 bits per heavy atom. The minimum atomic E-state index is -0.847. The summed E-state index contributed by atoms with van der Waals surface area (Å²) in [6, 6.07) is 24.7. The Labute approximate surface area is 210 Å². The summed E-state index contributed by atoms with van der Waals surface area (Å²) in [4.78, 5) is 36.0. The van der Waals surface area contributed by atoms with Crippen LogP contribution in [0.1, 0.15) is 41.9 Å². The number of benzene rings is 3. The first-order chi connectivity index (χ1) is 17.7. The number of ether oxygens (including phenoxy) is 2. The number of unbranched alkanes of at least 4 members (excludes halogenated alkanes) is 1. The number of amides is 2. The first kappa shape index (κ1) is 25.0.